The van der Waals surface area contributed by atoms with Crippen molar-refractivity contribution in [2.45, 2.75) is 90.7 Å². The van der Waals surface area contributed by atoms with Crippen LogP contribution in [0.2, 0.25) is 0 Å². The first-order chi connectivity index (χ1) is 18.9. The number of fused-ring (bicyclic) bond motifs is 1. The van der Waals surface area contributed by atoms with Gasteiger partial charge in [0.25, 0.3) is 5.91 Å². The number of likely N-dealkylation sites (tertiary alicyclic amines) is 1. The van der Waals surface area contributed by atoms with E-state index in [0.717, 1.165) is 56.3 Å². The van der Waals surface area contributed by atoms with E-state index in [1.165, 1.54) is 39.1 Å². The number of benzene rings is 2. The first kappa shape index (κ1) is 27.4. The van der Waals surface area contributed by atoms with Crippen LogP contribution >= 0.6 is 0 Å². The summed E-state index contributed by atoms with van der Waals surface area (Å²) in [5.41, 5.74) is 11.7. The number of nitrogens with zero attached hydrogens (tertiary/aromatic N) is 2. The predicted molar refractivity (Wildman–Crippen MR) is 159 cm³/mol. The maximum absolute atomic E-state index is 12.2. The minimum absolute atomic E-state index is 0.150. The van der Waals surface area contributed by atoms with Crippen molar-refractivity contribution in [2.24, 2.45) is 0 Å². The van der Waals surface area contributed by atoms with Crippen molar-refractivity contribution in [3.8, 4) is 11.3 Å². The Morgan fingerprint density at radius 1 is 1.00 bits per heavy atom. The van der Waals surface area contributed by atoms with Crippen molar-refractivity contribution in [1.82, 2.24) is 9.88 Å². The van der Waals surface area contributed by atoms with Crippen LogP contribution in [0.3, 0.4) is 0 Å². The number of aromatic nitrogens is 1. The highest BCUT2D eigenvalue weighted by atomic mass is 16.3. The van der Waals surface area contributed by atoms with Crippen LogP contribution < -0.4 is 5.32 Å². The largest absolute Gasteiger partial charge is 0.384 e. The summed E-state index contributed by atoms with van der Waals surface area (Å²) in [7, 11) is 0. The molecule has 1 aliphatic heterocycles. The molecule has 5 heteroatoms. The van der Waals surface area contributed by atoms with Crippen molar-refractivity contribution in [2.75, 3.05) is 18.4 Å². The fourth-order valence-electron chi connectivity index (χ4n) is 6.56. The van der Waals surface area contributed by atoms with Crippen LogP contribution in [0.5, 0.6) is 0 Å². The summed E-state index contributed by atoms with van der Waals surface area (Å²) in [5, 5.41) is 13.6. The number of hydrogen-bond donors (Lipinski definition) is 2. The van der Waals surface area contributed by atoms with Gasteiger partial charge in [-0.2, -0.15) is 0 Å². The molecule has 39 heavy (non-hydrogen) atoms. The Balaban J connectivity index is 1.38. The Morgan fingerprint density at radius 3 is 2.46 bits per heavy atom. The third-order valence-electron chi connectivity index (χ3n) is 8.75. The molecular formula is C34H43N3O2. The minimum Gasteiger partial charge on any atom is -0.384 e. The second-order valence-corrected chi connectivity index (χ2v) is 11.2. The monoisotopic (exact) mass is 525 g/mol. The van der Waals surface area contributed by atoms with Gasteiger partial charge in [-0.25, -0.2) is 0 Å². The SMILES string of the molecule is CCc1ccc(CC)c(-c2cccc3c2C(Nc2ccc(C4CCN(C(=O)[C@H](C)O)CC4)c(CC)c2)CC3)n1. The Labute approximate surface area is 233 Å². The Morgan fingerprint density at radius 2 is 1.77 bits per heavy atom. The topological polar surface area (TPSA) is 65.5 Å². The van der Waals surface area contributed by atoms with Gasteiger partial charge in [0.2, 0.25) is 0 Å². The van der Waals surface area contributed by atoms with Crippen LogP contribution in [0, 0.1) is 0 Å². The molecule has 2 aromatic carbocycles. The normalized spacial score (nSPS) is 18.2. The van der Waals surface area contributed by atoms with Crippen LogP contribution in [0.4, 0.5) is 5.69 Å². The van der Waals surface area contributed by atoms with Crippen molar-refractivity contribution >= 4 is 11.6 Å². The van der Waals surface area contributed by atoms with Gasteiger partial charge < -0.3 is 15.3 Å². The van der Waals surface area contributed by atoms with E-state index in [1.54, 1.807) is 6.92 Å². The highest BCUT2D eigenvalue weighted by Gasteiger charge is 2.29. The van der Waals surface area contributed by atoms with Crippen LogP contribution in [0.1, 0.15) is 92.4 Å². The van der Waals surface area contributed by atoms with E-state index in [0.29, 0.717) is 19.0 Å². The molecule has 2 heterocycles. The maximum Gasteiger partial charge on any atom is 0.251 e. The summed E-state index contributed by atoms with van der Waals surface area (Å²) in [6, 6.07) is 18.3. The predicted octanol–water partition coefficient (Wildman–Crippen LogP) is 6.62. The molecule has 2 N–H and O–H groups in total. The highest BCUT2D eigenvalue weighted by molar-refractivity contribution is 5.80. The zero-order valence-electron chi connectivity index (χ0n) is 24.0. The summed E-state index contributed by atoms with van der Waals surface area (Å²) in [6.45, 7) is 9.61. The quantitative estimate of drug-likeness (QED) is 0.347. The van der Waals surface area contributed by atoms with E-state index in [9.17, 15) is 9.90 Å². The van der Waals surface area contributed by atoms with Crippen molar-refractivity contribution in [3.05, 3.63) is 82.0 Å². The van der Waals surface area contributed by atoms with Gasteiger partial charge >= 0.3 is 0 Å². The van der Waals surface area contributed by atoms with Gasteiger partial charge in [-0.3, -0.25) is 9.78 Å². The summed E-state index contributed by atoms with van der Waals surface area (Å²) < 4.78 is 0. The lowest BCUT2D eigenvalue weighted by atomic mass is 9.85. The molecule has 0 saturated carbocycles. The molecule has 5 rings (SSSR count). The molecule has 2 atom stereocenters. The van der Waals surface area contributed by atoms with Crippen molar-refractivity contribution in [3.63, 3.8) is 0 Å². The van der Waals surface area contributed by atoms with Gasteiger partial charge in [0.1, 0.15) is 6.10 Å². The number of carbonyl (C=O) groups is 1. The van der Waals surface area contributed by atoms with E-state index in [-0.39, 0.29) is 11.9 Å². The third-order valence-corrected chi connectivity index (χ3v) is 8.75. The summed E-state index contributed by atoms with van der Waals surface area (Å²) in [4.78, 5) is 19.1. The standard InChI is InChI=1S/C34H43N3O2/c1-5-23-11-13-27(7-3)36-33(23)30-10-8-9-26-12-16-31(32(26)30)35-28-14-15-29(24(6-2)21-28)25-17-19-37(20-18-25)34(39)22(4)38/h8-11,13-15,21-22,25,31,35,38H,5-7,12,16-20H2,1-4H3/t22-,31?/m0/s1. The van der Waals surface area contributed by atoms with Gasteiger partial charge in [-0.1, -0.05) is 51.1 Å². The van der Waals surface area contributed by atoms with E-state index in [4.69, 9.17) is 4.98 Å². The number of amides is 1. The molecular weight excluding hydrogens is 482 g/mol. The highest BCUT2D eigenvalue weighted by Crippen LogP contribution is 2.42. The number of anilines is 1. The van der Waals surface area contributed by atoms with Crippen LogP contribution in [0.25, 0.3) is 11.3 Å². The van der Waals surface area contributed by atoms with E-state index >= 15 is 0 Å². The van der Waals surface area contributed by atoms with E-state index in [1.807, 2.05) is 4.90 Å². The number of rotatable bonds is 8. The zero-order valence-corrected chi connectivity index (χ0v) is 24.0. The zero-order chi connectivity index (χ0) is 27.5. The molecule has 206 valence electrons. The summed E-state index contributed by atoms with van der Waals surface area (Å²) in [5.74, 6) is 0.304. The molecule has 1 amide bonds. The summed E-state index contributed by atoms with van der Waals surface area (Å²) >= 11 is 0. The Bertz CT molecular complexity index is 1320. The fraction of sp³-hybridized carbons (Fsp3) is 0.471. The van der Waals surface area contributed by atoms with Gasteiger partial charge in [0.15, 0.2) is 0 Å². The number of piperidine rings is 1. The Kier molecular flexibility index (Phi) is 8.37. The number of carbonyl (C=O) groups excluding carboxylic acids is 1. The van der Waals surface area contributed by atoms with Gasteiger partial charge in [0, 0.05) is 30.0 Å². The molecule has 3 aromatic rings. The molecule has 2 aliphatic rings. The van der Waals surface area contributed by atoms with Crippen LogP contribution in [0.15, 0.2) is 48.5 Å². The fourth-order valence-corrected chi connectivity index (χ4v) is 6.56. The second kappa shape index (κ2) is 11.9. The first-order valence-corrected chi connectivity index (χ1v) is 14.9. The minimum atomic E-state index is -0.917. The number of aliphatic hydroxyl groups excluding tert-OH is 1. The van der Waals surface area contributed by atoms with Gasteiger partial charge in [0.05, 0.1) is 11.7 Å². The second-order valence-electron chi connectivity index (χ2n) is 11.2. The van der Waals surface area contributed by atoms with Gasteiger partial charge in [-0.15, -0.1) is 0 Å². The van der Waals surface area contributed by atoms with Crippen molar-refractivity contribution < 1.29 is 9.90 Å². The first-order valence-electron chi connectivity index (χ1n) is 14.9. The molecule has 1 aliphatic carbocycles. The van der Waals surface area contributed by atoms with Crippen LogP contribution in [-0.2, 0) is 30.5 Å². The smallest absolute Gasteiger partial charge is 0.251 e. The lowest BCUT2D eigenvalue weighted by molar-refractivity contribution is -0.140. The van der Waals surface area contributed by atoms with Crippen LogP contribution in [-0.4, -0.2) is 40.1 Å². The number of pyridine rings is 1. The molecule has 1 unspecified atom stereocenters. The lowest BCUT2D eigenvalue weighted by Gasteiger charge is -2.34. The molecule has 5 nitrogen and oxygen atoms in total. The van der Waals surface area contributed by atoms with E-state index in [2.05, 4.69) is 74.6 Å². The molecule has 0 spiro atoms. The number of nitrogens with one attached hydrogen (secondary N) is 1. The molecule has 1 saturated heterocycles. The molecule has 1 fully saturated rings. The number of aryl methyl sites for hydroxylation is 4. The lowest BCUT2D eigenvalue weighted by Crippen LogP contribution is -2.42. The average Bonchev–Trinajstić information content (AvgIpc) is 3.39. The molecule has 1 aromatic heterocycles. The maximum atomic E-state index is 12.2. The Hall–Kier alpha value is -3.18. The molecule has 0 bridgehead atoms. The van der Waals surface area contributed by atoms with E-state index < -0.39 is 6.10 Å². The third kappa shape index (κ3) is 5.60. The average molecular weight is 526 g/mol. The number of aliphatic hydroxyl groups is 1. The molecule has 0 radical (unpaired) electrons. The summed E-state index contributed by atoms with van der Waals surface area (Å²) in [6.07, 6.45) is 6.04. The number of hydrogen-bond acceptors (Lipinski definition) is 4. The van der Waals surface area contributed by atoms with Crippen molar-refractivity contribution in [1.29, 1.82) is 0 Å². The van der Waals surface area contributed by atoms with Gasteiger partial charge in [-0.05, 0) is 104 Å².